The summed E-state index contributed by atoms with van der Waals surface area (Å²) in [6.07, 6.45) is 0. The predicted octanol–water partition coefficient (Wildman–Crippen LogP) is 1.81. The van der Waals surface area contributed by atoms with Crippen LogP contribution in [0.1, 0.15) is 25.0 Å². The molecule has 0 aliphatic heterocycles. The van der Waals surface area contributed by atoms with E-state index < -0.39 is 0 Å². The Morgan fingerprint density at radius 3 is 2.27 bits per heavy atom. The molecule has 0 saturated heterocycles. The Morgan fingerprint density at radius 2 is 1.87 bits per heavy atom. The van der Waals surface area contributed by atoms with Crippen LogP contribution < -0.4 is 5.73 Å². The smallest absolute Gasteiger partial charge is 0.122 e. The first kappa shape index (κ1) is 11.7. The molecule has 0 atom stereocenters. The molecular formula is C12H19N3. The van der Waals surface area contributed by atoms with E-state index >= 15 is 0 Å². The molecule has 0 bridgehead atoms. The van der Waals surface area contributed by atoms with Gasteiger partial charge < -0.3 is 5.73 Å². The zero-order valence-electron chi connectivity index (χ0n) is 9.62. The third-order valence-electron chi connectivity index (χ3n) is 2.58. The fourth-order valence-electron chi connectivity index (χ4n) is 1.26. The van der Waals surface area contributed by atoms with Gasteiger partial charge in [0.15, 0.2) is 0 Å². The van der Waals surface area contributed by atoms with Crippen LogP contribution in [0.25, 0.3) is 0 Å². The first-order chi connectivity index (χ1) is 7.00. The number of hydrogen-bond acceptors (Lipinski definition) is 2. The molecule has 3 nitrogen and oxygen atoms in total. The molecule has 15 heavy (non-hydrogen) atoms. The summed E-state index contributed by atoms with van der Waals surface area (Å²) in [4.78, 5) is 2.27. The van der Waals surface area contributed by atoms with E-state index in [-0.39, 0.29) is 5.84 Å². The Bertz CT molecular complexity index is 327. The summed E-state index contributed by atoms with van der Waals surface area (Å²) >= 11 is 0. The molecule has 0 aliphatic rings. The average Bonchev–Trinajstić information content (AvgIpc) is 2.18. The lowest BCUT2D eigenvalue weighted by Crippen LogP contribution is -2.25. The molecule has 1 aromatic carbocycles. The second-order valence-corrected chi connectivity index (χ2v) is 4.12. The molecule has 0 fully saturated rings. The van der Waals surface area contributed by atoms with Crippen LogP contribution in [0.15, 0.2) is 24.3 Å². The van der Waals surface area contributed by atoms with Crippen molar-refractivity contribution in [3.63, 3.8) is 0 Å². The largest absolute Gasteiger partial charge is 0.384 e. The summed E-state index contributed by atoms with van der Waals surface area (Å²) in [5.74, 6) is 0.124. The highest BCUT2D eigenvalue weighted by Crippen LogP contribution is 2.08. The number of amidine groups is 1. The molecule has 0 spiro atoms. The maximum absolute atomic E-state index is 7.28. The molecule has 0 heterocycles. The Hall–Kier alpha value is -1.35. The topological polar surface area (TPSA) is 53.1 Å². The molecule has 0 aromatic heterocycles. The molecule has 1 rings (SSSR count). The molecule has 0 aliphatic carbocycles. The molecule has 3 heteroatoms. The van der Waals surface area contributed by atoms with Crippen molar-refractivity contribution >= 4 is 5.84 Å². The van der Waals surface area contributed by atoms with Gasteiger partial charge in [-0.15, -0.1) is 0 Å². The van der Waals surface area contributed by atoms with Crippen molar-refractivity contribution in [2.75, 3.05) is 7.05 Å². The first-order valence-corrected chi connectivity index (χ1v) is 5.14. The molecule has 0 saturated carbocycles. The monoisotopic (exact) mass is 205 g/mol. The van der Waals surface area contributed by atoms with Crippen LogP contribution in [0.5, 0.6) is 0 Å². The van der Waals surface area contributed by atoms with E-state index in [2.05, 4.69) is 25.8 Å². The van der Waals surface area contributed by atoms with Crippen LogP contribution in [0, 0.1) is 5.41 Å². The molecule has 1 aromatic rings. The van der Waals surface area contributed by atoms with Gasteiger partial charge in [0.25, 0.3) is 0 Å². The van der Waals surface area contributed by atoms with E-state index in [0.717, 1.165) is 12.1 Å². The number of benzene rings is 1. The fourth-order valence-corrected chi connectivity index (χ4v) is 1.26. The predicted molar refractivity (Wildman–Crippen MR) is 64.1 cm³/mol. The molecule has 0 unspecified atom stereocenters. The van der Waals surface area contributed by atoms with Gasteiger partial charge in [0.05, 0.1) is 0 Å². The van der Waals surface area contributed by atoms with E-state index in [1.54, 1.807) is 0 Å². The Morgan fingerprint density at radius 1 is 1.33 bits per heavy atom. The summed E-state index contributed by atoms with van der Waals surface area (Å²) in [5.41, 5.74) is 7.42. The van der Waals surface area contributed by atoms with Gasteiger partial charge in [-0.2, -0.15) is 0 Å². The Balaban J connectivity index is 2.68. The Labute approximate surface area is 91.4 Å². The number of nitrogen functional groups attached to an aromatic ring is 1. The van der Waals surface area contributed by atoms with Crippen molar-refractivity contribution in [3.8, 4) is 0 Å². The van der Waals surface area contributed by atoms with Gasteiger partial charge in [-0.05, 0) is 26.5 Å². The second kappa shape index (κ2) is 4.94. The molecule has 0 radical (unpaired) electrons. The standard InChI is InChI=1S/C12H19N3/c1-9(2)15(3)8-10-4-6-11(7-5-10)12(13)14/h4-7,9H,8H2,1-3H3,(H3,13,14). The van der Waals surface area contributed by atoms with E-state index in [9.17, 15) is 0 Å². The van der Waals surface area contributed by atoms with Crippen LogP contribution >= 0.6 is 0 Å². The third kappa shape index (κ3) is 3.36. The number of hydrogen-bond donors (Lipinski definition) is 2. The van der Waals surface area contributed by atoms with Crippen molar-refractivity contribution < 1.29 is 0 Å². The van der Waals surface area contributed by atoms with Crippen LogP contribution in [-0.4, -0.2) is 23.8 Å². The normalized spacial score (nSPS) is 11.0. The highest BCUT2D eigenvalue weighted by molar-refractivity contribution is 5.94. The van der Waals surface area contributed by atoms with Gasteiger partial charge in [0, 0.05) is 18.2 Å². The lowest BCUT2D eigenvalue weighted by Gasteiger charge is -2.20. The summed E-state index contributed by atoms with van der Waals surface area (Å²) in [5, 5.41) is 7.28. The zero-order chi connectivity index (χ0) is 11.4. The van der Waals surface area contributed by atoms with Gasteiger partial charge >= 0.3 is 0 Å². The lowest BCUT2D eigenvalue weighted by molar-refractivity contribution is 0.266. The summed E-state index contributed by atoms with van der Waals surface area (Å²) in [6, 6.07) is 8.38. The van der Waals surface area contributed by atoms with Gasteiger partial charge in [0.1, 0.15) is 5.84 Å². The van der Waals surface area contributed by atoms with Crippen molar-refractivity contribution in [2.45, 2.75) is 26.4 Å². The van der Waals surface area contributed by atoms with Crippen molar-refractivity contribution in [1.29, 1.82) is 5.41 Å². The van der Waals surface area contributed by atoms with Gasteiger partial charge in [-0.1, -0.05) is 24.3 Å². The van der Waals surface area contributed by atoms with Gasteiger partial charge in [-0.3, -0.25) is 10.3 Å². The summed E-state index contributed by atoms with van der Waals surface area (Å²) in [7, 11) is 2.10. The minimum atomic E-state index is 0.124. The maximum atomic E-state index is 7.28. The van der Waals surface area contributed by atoms with Crippen LogP contribution in [0.4, 0.5) is 0 Å². The van der Waals surface area contributed by atoms with Crippen molar-refractivity contribution in [2.24, 2.45) is 5.73 Å². The van der Waals surface area contributed by atoms with Crippen molar-refractivity contribution in [1.82, 2.24) is 4.90 Å². The fraction of sp³-hybridized carbons (Fsp3) is 0.417. The van der Waals surface area contributed by atoms with Gasteiger partial charge in [0.2, 0.25) is 0 Å². The molecule has 3 N–H and O–H groups in total. The summed E-state index contributed by atoms with van der Waals surface area (Å²) < 4.78 is 0. The maximum Gasteiger partial charge on any atom is 0.122 e. The second-order valence-electron chi connectivity index (χ2n) is 4.12. The Kier molecular flexibility index (Phi) is 3.86. The minimum absolute atomic E-state index is 0.124. The lowest BCUT2D eigenvalue weighted by atomic mass is 10.1. The third-order valence-corrected chi connectivity index (χ3v) is 2.58. The average molecular weight is 205 g/mol. The van der Waals surface area contributed by atoms with Crippen molar-refractivity contribution in [3.05, 3.63) is 35.4 Å². The number of nitrogens with zero attached hydrogens (tertiary/aromatic N) is 1. The number of nitrogens with two attached hydrogens (primary N) is 1. The quantitative estimate of drug-likeness (QED) is 0.582. The molecule has 0 amide bonds. The van der Waals surface area contributed by atoms with Crippen LogP contribution in [-0.2, 0) is 6.54 Å². The van der Waals surface area contributed by atoms with Crippen LogP contribution in [0.3, 0.4) is 0 Å². The highest BCUT2D eigenvalue weighted by atomic mass is 15.1. The first-order valence-electron chi connectivity index (χ1n) is 5.14. The minimum Gasteiger partial charge on any atom is -0.384 e. The van der Waals surface area contributed by atoms with E-state index in [4.69, 9.17) is 11.1 Å². The van der Waals surface area contributed by atoms with Gasteiger partial charge in [-0.25, -0.2) is 0 Å². The van der Waals surface area contributed by atoms with Crippen LogP contribution in [0.2, 0.25) is 0 Å². The summed E-state index contributed by atoms with van der Waals surface area (Å²) in [6.45, 7) is 5.27. The highest BCUT2D eigenvalue weighted by Gasteiger charge is 2.04. The SMILES string of the molecule is CC(C)N(C)Cc1ccc(C(=N)N)cc1. The van der Waals surface area contributed by atoms with E-state index in [1.807, 2.05) is 24.3 Å². The zero-order valence-corrected chi connectivity index (χ0v) is 9.62. The molecule has 82 valence electrons. The number of rotatable bonds is 4. The van der Waals surface area contributed by atoms with E-state index in [1.165, 1.54) is 5.56 Å². The number of nitrogens with one attached hydrogen (secondary N) is 1. The molecular weight excluding hydrogens is 186 g/mol. The van der Waals surface area contributed by atoms with E-state index in [0.29, 0.717) is 6.04 Å².